The summed E-state index contributed by atoms with van der Waals surface area (Å²) < 4.78 is 59.9. The Labute approximate surface area is 280 Å². The predicted molar refractivity (Wildman–Crippen MR) is 191 cm³/mol. The van der Waals surface area contributed by atoms with Crippen molar-refractivity contribution in [2.45, 2.75) is 64.1 Å². The summed E-state index contributed by atoms with van der Waals surface area (Å²) in [5.41, 5.74) is 4.24. The fourth-order valence-electron chi connectivity index (χ4n) is 5.67. The van der Waals surface area contributed by atoms with Gasteiger partial charge in [0, 0.05) is 12.6 Å². The van der Waals surface area contributed by atoms with Gasteiger partial charge in [-0.1, -0.05) is 81.4 Å². The van der Waals surface area contributed by atoms with Crippen molar-refractivity contribution in [3.63, 3.8) is 0 Å². The Morgan fingerprint density at radius 2 is 1.45 bits per heavy atom. The van der Waals surface area contributed by atoms with Crippen LogP contribution in [0.2, 0.25) is 18.1 Å². The van der Waals surface area contributed by atoms with Crippen LogP contribution in [0.1, 0.15) is 55.2 Å². The van der Waals surface area contributed by atoms with E-state index in [4.69, 9.17) is 13.9 Å². The first-order valence-corrected chi connectivity index (χ1v) is 20.6. The third-order valence-electron chi connectivity index (χ3n) is 8.65. The van der Waals surface area contributed by atoms with Crippen LogP contribution in [0.3, 0.4) is 0 Å². The highest BCUT2D eigenvalue weighted by Gasteiger charge is 2.33. The van der Waals surface area contributed by atoms with E-state index in [-0.39, 0.29) is 18.0 Å². The van der Waals surface area contributed by atoms with E-state index in [0.29, 0.717) is 31.0 Å². The Kier molecular flexibility index (Phi) is 13.0. The molecule has 0 aromatic heterocycles. The van der Waals surface area contributed by atoms with Crippen molar-refractivity contribution in [3.8, 4) is 11.5 Å². The summed E-state index contributed by atoms with van der Waals surface area (Å²) in [5.74, 6) is 0.929. The van der Waals surface area contributed by atoms with Crippen molar-refractivity contribution in [2.24, 2.45) is 0 Å². The summed E-state index contributed by atoms with van der Waals surface area (Å²) in [4.78, 5) is 0. The molecule has 4 aromatic carbocycles. The predicted octanol–water partition coefficient (Wildman–Crippen LogP) is 8.42. The number of benzene rings is 4. The molecule has 4 rings (SSSR count). The van der Waals surface area contributed by atoms with Gasteiger partial charge in [-0.3, -0.25) is 4.72 Å². The number of rotatable bonds is 18. The van der Waals surface area contributed by atoms with Crippen LogP contribution in [-0.2, 0) is 27.5 Å². The topological polar surface area (TPSA) is 85.9 Å². The fourth-order valence-corrected chi connectivity index (χ4v) is 9.05. The summed E-state index contributed by atoms with van der Waals surface area (Å²) in [6, 6.07) is 32.6. The number of ether oxygens (including phenoxy) is 2. The molecule has 0 fully saturated rings. The van der Waals surface area contributed by atoms with E-state index in [1.54, 1.807) is 7.11 Å². The molecule has 0 saturated heterocycles. The maximum absolute atomic E-state index is 13.7. The number of halogens is 1. The Morgan fingerprint density at radius 3 is 2.04 bits per heavy atom. The molecule has 0 unspecified atom stereocenters. The first-order chi connectivity index (χ1) is 22.6. The summed E-state index contributed by atoms with van der Waals surface area (Å²) in [5, 5.41) is 3.75. The number of hydrogen-bond acceptors (Lipinski definition) is 6. The van der Waals surface area contributed by atoms with Crippen molar-refractivity contribution >= 4 is 24.0 Å². The zero-order chi connectivity index (χ0) is 33.9. The third kappa shape index (κ3) is 10.7. The monoisotopic (exact) mass is 678 g/mol. The zero-order valence-electron chi connectivity index (χ0n) is 28.0. The summed E-state index contributed by atoms with van der Waals surface area (Å²) in [6.45, 7) is 7.33. The molecular weight excluding hydrogens is 632 g/mol. The number of sulfonamides is 1. The molecule has 0 aliphatic rings. The zero-order valence-corrected chi connectivity index (χ0v) is 29.8. The van der Waals surface area contributed by atoms with Gasteiger partial charge in [-0.25, -0.2) is 12.8 Å². The first kappa shape index (κ1) is 36.1. The van der Waals surface area contributed by atoms with Crippen molar-refractivity contribution in [1.82, 2.24) is 5.32 Å². The molecular formula is C37H47FN2O5SSi. The van der Waals surface area contributed by atoms with E-state index < -0.39 is 18.3 Å². The molecule has 252 valence electrons. The van der Waals surface area contributed by atoms with E-state index in [2.05, 4.69) is 30.8 Å². The number of anilines is 1. The Morgan fingerprint density at radius 1 is 0.809 bits per heavy atom. The van der Waals surface area contributed by atoms with Gasteiger partial charge in [0.25, 0.3) is 0 Å². The van der Waals surface area contributed by atoms with Gasteiger partial charge in [0.2, 0.25) is 10.0 Å². The molecule has 0 heterocycles. The van der Waals surface area contributed by atoms with Crippen LogP contribution in [-0.4, -0.2) is 36.6 Å². The van der Waals surface area contributed by atoms with Gasteiger partial charge in [-0.2, -0.15) is 0 Å². The van der Waals surface area contributed by atoms with Crippen LogP contribution in [0.4, 0.5) is 10.1 Å². The molecule has 0 bridgehead atoms. The van der Waals surface area contributed by atoms with Crippen molar-refractivity contribution in [2.75, 3.05) is 24.6 Å². The van der Waals surface area contributed by atoms with Crippen molar-refractivity contribution < 1.29 is 26.7 Å². The highest BCUT2D eigenvalue weighted by Crippen LogP contribution is 2.35. The lowest BCUT2D eigenvalue weighted by Gasteiger charge is -2.35. The molecule has 10 heteroatoms. The molecule has 0 amide bonds. The second-order valence-electron chi connectivity index (χ2n) is 11.8. The minimum absolute atomic E-state index is 0.111. The maximum Gasteiger partial charge on any atom is 0.229 e. The van der Waals surface area contributed by atoms with Crippen molar-refractivity contribution in [1.29, 1.82) is 0 Å². The number of methoxy groups -OCH3 is 1. The van der Waals surface area contributed by atoms with E-state index in [9.17, 15) is 12.8 Å². The van der Waals surface area contributed by atoms with Gasteiger partial charge < -0.3 is 19.2 Å². The fraction of sp³-hybridized carbons (Fsp3) is 0.351. The molecule has 7 nitrogen and oxygen atoms in total. The summed E-state index contributed by atoms with van der Waals surface area (Å²) in [7, 11) is -4.07. The molecule has 2 atom stereocenters. The normalized spacial score (nSPS) is 13.1. The van der Waals surface area contributed by atoms with Gasteiger partial charge >= 0.3 is 0 Å². The molecule has 2 N–H and O–H groups in total. The number of hydrogen-bond donors (Lipinski definition) is 2. The second-order valence-corrected chi connectivity index (χ2v) is 18.3. The maximum atomic E-state index is 13.7. The van der Waals surface area contributed by atoms with Crippen molar-refractivity contribution in [3.05, 3.63) is 125 Å². The highest BCUT2D eigenvalue weighted by molar-refractivity contribution is 7.92. The summed E-state index contributed by atoms with van der Waals surface area (Å²) >= 11 is 0. The quantitative estimate of drug-likeness (QED) is 0.103. The molecule has 0 saturated carbocycles. The van der Waals surface area contributed by atoms with Crippen LogP contribution in [0.15, 0.2) is 97.1 Å². The highest BCUT2D eigenvalue weighted by atomic mass is 32.2. The van der Waals surface area contributed by atoms with Gasteiger partial charge in [0.05, 0.1) is 25.2 Å². The molecule has 0 aliphatic heterocycles. The van der Waals surface area contributed by atoms with E-state index in [1.165, 1.54) is 12.1 Å². The molecule has 0 radical (unpaired) electrons. The van der Waals surface area contributed by atoms with E-state index in [1.807, 2.05) is 84.9 Å². The number of nitrogens with one attached hydrogen (secondary N) is 2. The van der Waals surface area contributed by atoms with Gasteiger partial charge in [0.1, 0.15) is 23.9 Å². The average Bonchev–Trinajstić information content (AvgIpc) is 3.08. The minimum atomic E-state index is -3.59. The molecule has 0 aliphatic carbocycles. The third-order valence-corrected chi connectivity index (χ3v) is 13.9. The first-order valence-electron chi connectivity index (χ1n) is 16.1. The molecule has 4 aromatic rings. The van der Waals surface area contributed by atoms with Gasteiger partial charge in [0.15, 0.2) is 8.32 Å². The largest absolute Gasteiger partial charge is 0.497 e. The van der Waals surface area contributed by atoms with Crippen LogP contribution in [0.5, 0.6) is 11.5 Å². The standard InChI is InChI=1S/C37H47FN2O5SSi/c1-6-47(7-2,8-3)45-37(26-39-34(24-28-14-19-32(38)20-15-28)30-16-21-33(43-4)22-17-30)31-18-23-36(35(25-31)40-46(5,41)42)44-27-29-12-10-9-11-13-29/h9-23,25,34,37,39-40H,6-8,24,26-27H2,1-5H3/t34-,37-/m0/s1. The Balaban J connectivity index is 1.69. The lowest BCUT2D eigenvalue weighted by molar-refractivity contribution is 0.181. The minimum Gasteiger partial charge on any atom is -0.497 e. The lowest BCUT2D eigenvalue weighted by atomic mass is 9.98. The average molecular weight is 679 g/mol. The van der Waals surface area contributed by atoms with Crippen LogP contribution in [0.25, 0.3) is 0 Å². The second kappa shape index (κ2) is 16.9. The lowest BCUT2D eigenvalue weighted by Crippen LogP contribution is -2.40. The SMILES string of the molecule is CC[Si](CC)(CC)O[C@@H](CN[C@@H](Cc1ccc(F)cc1)c1ccc(OC)cc1)c1ccc(OCc2ccccc2)c(NS(C)(=O)=O)c1. The summed E-state index contributed by atoms with van der Waals surface area (Å²) in [6.07, 6.45) is 1.40. The smallest absolute Gasteiger partial charge is 0.229 e. The Bertz CT molecular complexity index is 1640. The van der Waals surface area contributed by atoms with E-state index >= 15 is 0 Å². The van der Waals surface area contributed by atoms with E-state index in [0.717, 1.165) is 52.4 Å². The molecule has 0 spiro atoms. The van der Waals surface area contributed by atoms with Gasteiger partial charge in [-0.05, 0) is 83.2 Å². The van der Waals surface area contributed by atoms with Crippen LogP contribution >= 0.6 is 0 Å². The van der Waals surface area contributed by atoms with Crippen LogP contribution < -0.4 is 19.5 Å². The molecule has 47 heavy (non-hydrogen) atoms. The van der Waals surface area contributed by atoms with Gasteiger partial charge in [-0.15, -0.1) is 0 Å². The van der Waals surface area contributed by atoms with Crippen LogP contribution in [0, 0.1) is 5.82 Å². The Hall–Kier alpha value is -3.70.